The van der Waals surface area contributed by atoms with Gasteiger partial charge in [-0.2, -0.15) is 4.73 Å². The molecule has 1 aromatic carbocycles. The first-order valence-electron chi connectivity index (χ1n) is 4.05. The summed E-state index contributed by atoms with van der Waals surface area (Å²) in [5.74, 6) is 0. The Hall–Kier alpha value is -1.88. The molecule has 6 heteroatoms. The van der Waals surface area contributed by atoms with E-state index in [-0.39, 0.29) is 16.1 Å². The van der Waals surface area contributed by atoms with E-state index < -0.39 is 4.92 Å². The van der Waals surface area contributed by atoms with Gasteiger partial charge in [0.1, 0.15) is 5.02 Å². The Morgan fingerprint density at radius 1 is 1.33 bits per heavy atom. The SMILES string of the molecule is O=[N+]([O-])c1cccc2c[n+]([O-])cc(Cl)c12. The maximum atomic E-state index is 11.0. The lowest BCUT2D eigenvalue weighted by atomic mass is 10.1. The Kier molecular flexibility index (Phi) is 2.17. The molecule has 0 fully saturated rings. The summed E-state index contributed by atoms with van der Waals surface area (Å²) in [5.41, 5.74) is -0.0990. The van der Waals surface area contributed by atoms with Gasteiger partial charge in [0.2, 0.25) is 0 Å². The average Bonchev–Trinajstić information content (AvgIpc) is 2.16. The third kappa shape index (κ3) is 1.57. The number of hydrogen-bond donors (Lipinski definition) is 0. The smallest absolute Gasteiger partial charge is 0.279 e. The van der Waals surface area contributed by atoms with Crippen LogP contribution in [0.3, 0.4) is 0 Å². The fourth-order valence-corrected chi connectivity index (χ4v) is 1.73. The number of halogens is 1. The van der Waals surface area contributed by atoms with E-state index in [1.807, 2.05) is 0 Å². The fourth-order valence-electron chi connectivity index (χ4n) is 1.43. The zero-order valence-corrected chi connectivity index (χ0v) is 8.14. The van der Waals surface area contributed by atoms with Crippen molar-refractivity contribution < 1.29 is 9.65 Å². The van der Waals surface area contributed by atoms with Crippen LogP contribution in [0.25, 0.3) is 10.8 Å². The zero-order valence-electron chi connectivity index (χ0n) is 7.38. The van der Waals surface area contributed by atoms with Gasteiger partial charge in [0.05, 0.1) is 15.7 Å². The van der Waals surface area contributed by atoms with E-state index >= 15 is 0 Å². The number of nitrogens with zero attached hydrogens (tertiary/aromatic N) is 2. The molecule has 1 aromatic heterocycles. The first-order valence-corrected chi connectivity index (χ1v) is 4.43. The second-order valence-corrected chi connectivity index (χ2v) is 3.37. The molecule has 0 saturated carbocycles. The van der Waals surface area contributed by atoms with Gasteiger partial charge in [-0.3, -0.25) is 10.1 Å². The third-order valence-electron chi connectivity index (χ3n) is 2.02. The summed E-state index contributed by atoms with van der Waals surface area (Å²) in [6.45, 7) is 0. The van der Waals surface area contributed by atoms with Crippen LogP contribution < -0.4 is 4.73 Å². The molecule has 15 heavy (non-hydrogen) atoms. The van der Waals surface area contributed by atoms with Crippen molar-refractivity contribution in [1.82, 2.24) is 0 Å². The van der Waals surface area contributed by atoms with E-state index in [9.17, 15) is 15.3 Å². The average molecular weight is 225 g/mol. The molecule has 2 rings (SSSR count). The molecule has 0 saturated heterocycles. The van der Waals surface area contributed by atoms with E-state index in [2.05, 4.69) is 0 Å². The quantitative estimate of drug-likeness (QED) is 0.322. The summed E-state index contributed by atoms with van der Waals surface area (Å²) in [4.78, 5) is 10.2. The highest BCUT2D eigenvalue weighted by Crippen LogP contribution is 2.30. The molecule has 0 atom stereocenters. The lowest BCUT2D eigenvalue weighted by Gasteiger charge is -2.01. The Balaban J connectivity index is 2.91. The van der Waals surface area contributed by atoms with Gasteiger partial charge >= 0.3 is 0 Å². The molecule has 0 bridgehead atoms. The zero-order chi connectivity index (χ0) is 11.0. The van der Waals surface area contributed by atoms with Gasteiger partial charge in [-0.25, -0.2) is 0 Å². The highest BCUT2D eigenvalue weighted by atomic mass is 35.5. The standard InChI is InChI=1S/C9H5ClN2O3/c10-7-5-11(13)4-6-2-1-3-8(9(6)7)12(14)15/h1-5H. The van der Waals surface area contributed by atoms with Gasteiger partial charge in [0.15, 0.2) is 12.4 Å². The topological polar surface area (TPSA) is 70.1 Å². The van der Waals surface area contributed by atoms with Crippen molar-refractivity contribution in [3.63, 3.8) is 0 Å². The minimum Gasteiger partial charge on any atom is -0.619 e. The number of nitro benzene ring substituents is 1. The molecule has 0 spiro atoms. The van der Waals surface area contributed by atoms with Crippen LogP contribution in [-0.4, -0.2) is 4.92 Å². The molecule has 0 aliphatic heterocycles. The Labute approximate surface area is 89.2 Å². The van der Waals surface area contributed by atoms with Crippen LogP contribution in [0, 0.1) is 15.3 Å². The molecular weight excluding hydrogens is 220 g/mol. The van der Waals surface area contributed by atoms with E-state index in [4.69, 9.17) is 11.6 Å². The van der Waals surface area contributed by atoms with Crippen LogP contribution in [0.1, 0.15) is 0 Å². The third-order valence-corrected chi connectivity index (χ3v) is 2.30. The molecule has 0 unspecified atom stereocenters. The molecule has 2 aromatic rings. The summed E-state index contributed by atoms with van der Waals surface area (Å²) in [6, 6.07) is 4.46. The molecule has 0 amide bonds. The number of aromatic nitrogens is 1. The van der Waals surface area contributed by atoms with E-state index in [1.165, 1.54) is 18.3 Å². The van der Waals surface area contributed by atoms with Crippen molar-refractivity contribution >= 4 is 28.1 Å². The summed E-state index contributed by atoms with van der Waals surface area (Å²) >= 11 is 5.79. The van der Waals surface area contributed by atoms with Crippen LogP contribution in [0.2, 0.25) is 5.02 Å². The van der Waals surface area contributed by atoms with Gasteiger partial charge in [-0.1, -0.05) is 17.7 Å². The fraction of sp³-hybridized carbons (Fsp3) is 0. The first kappa shape index (κ1) is 9.67. The Morgan fingerprint density at radius 2 is 2.07 bits per heavy atom. The number of fused-ring (bicyclic) bond motifs is 1. The molecule has 0 aliphatic carbocycles. The van der Waals surface area contributed by atoms with Crippen molar-refractivity contribution in [2.45, 2.75) is 0 Å². The number of hydrogen-bond acceptors (Lipinski definition) is 3. The molecule has 0 N–H and O–H groups in total. The monoisotopic (exact) mass is 224 g/mol. The van der Waals surface area contributed by atoms with Gasteiger partial charge in [0.25, 0.3) is 5.69 Å². The maximum absolute atomic E-state index is 11.0. The molecular formula is C9H5ClN2O3. The number of benzene rings is 1. The van der Waals surface area contributed by atoms with Crippen molar-refractivity contribution in [3.8, 4) is 0 Å². The summed E-state index contributed by atoms with van der Waals surface area (Å²) in [5, 5.41) is 22.6. The first-order chi connectivity index (χ1) is 7.09. The van der Waals surface area contributed by atoms with Crippen LogP contribution in [0.15, 0.2) is 30.6 Å². The van der Waals surface area contributed by atoms with Crippen LogP contribution in [-0.2, 0) is 0 Å². The van der Waals surface area contributed by atoms with Gasteiger partial charge in [-0.15, -0.1) is 0 Å². The molecule has 5 nitrogen and oxygen atoms in total. The second-order valence-electron chi connectivity index (χ2n) is 2.96. The Morgan fingerprint density at radius 3 is 2.73 bits per heavy atom. The molecule has 0 radical (unpaired) electrons. The lowest BCUT2D eigenvalue weighted by Crippen LogP contribution is -2.24. The molecule has 1 heterocycles. The minimum absolute atomic E-state index is 0.0785. The Bertz CT molecular complexity index is 556. The lowest BCUT2D eigenvalue weighted by molar-refractivity contribution is -0.603. The van der Waals surface area contributed by atoms with Crippen molar-refractivity contribution in [3.05, 3.63) is 50.9 Å². The predicted molar refractivity (Wildman–Crippen MR) is 54.6 cm³/mol. The van der Waals surface area contributed by atoms with Crippen molar-refractivity contribution in [1.29, 1.82) is 0 Å². The van der Waals surface area contributed by atoms with E-state index in [0.29, 0.717) is 10.1 Å². The summed E-state index contributed by atoms with van der Waals surface area (Å²) in [6.07, 6.45) is 2.34. The van der Waals surface area contributed by atoms with E-state index in [1.54, 1.807) is 6.07 Å². The largest absolute Gasteiger partial charge is 0.619 e. The van der Waals surface area contributed by atoms with Crippen molar-refractivity contribution in [2.24, 2.45) is 0 Å². The summed E-state index contributed by atoms with van der Waals surface area (Å²) in [7, 11) is 0. The normalized spacial score (nSPS) is 10.5. The van der Waals surface area contributed by atoms with Crippen molar-refractivity contribution in [2.75, 3.05) is 0 Å². The predicted octanol–water partition coefficient (Wildman–Crippen LogP) is 2.03. The van der Waals surface area contributed by atoms with Gasteiger partial charge in [0, 0.05) is 6.07 Å². The summed E-state index contributed by atoms with van der Waals surface area (Å²) < 4.78 is 0.522. The number of rotatable bonds is 1. The second kappa shape index (κ2) is 3.36. The highest BCUT2D eigenvalue weighted by molar-refractivity contribution is 6.36. The molecule has 0 aliphatic rings. The van der Waals surface area contributed by atoms with Crippen LogP contribution in [0.5, 0.6) is 0 Å². The van der Waals surface area contributed by atoms with Crippen LogP contribution in [0.4, 0.5) is 5.69 Å². The minimum atomic E-state index is -0.524. The van der Waals surface area contributed by atoms with Crippen LogP contribution >= 0.6 is 11.6 Å². The number of nitro groups is 1. The van der Waals surface area contributed by atoms with E-state index in [0.717, 1.165) is 6.20 Å². The van der Waals surface area contributed by atoms with Gasteiger partial charge in [-0.05, 0) is 6.07 Å². The highest BCUT2D eigenvalue weighted by Gasteiger charge is 2.16. The number of non-ortho nitro benzene ring substituents is 1. The van der Waals surface area contributed by atoms with Gasteiger partial charge < -0.3 is 5.21 Å². The number of pyridine rings is 1. The molecule has 76 valence electrons. The maximum Gasteiger partial charge on any atom is 0.279 e.